The Morgan fingerprint density at radius 2 is 2.05 bits per heavy atom. The number of carboxylic acid groups (broad SMARTS) is 1. The van der Waals surface area contributed by atoms with Crippen LogP contribution in [0.4, 0.5) is 0 Å². The average molecular weight is 631 g/mol. The van der Waals surface area contributed by atoms with Gasteiger partial charge < -0.3 is 15.5 Å². The minimum absolute atomic E-state index is 0. The second-order valence-corrected chi connectivity index (χ2v) is 14.2. The number of aliphatic hydroxyl groups is 1. The van der Waals surface area contributed by atoms with Crippen LogP contribution < -0.4 is 5.32 Å². The van der Waals surface area contributed by atoms with Gasteiger partial charge in [0.05, 0.1) is 33.2 Å². The largest absolute Gasteiger partial charge is 0.479 e. The number of nitrogens with one attached hydrogen (secondary N) is 1. The summed E-state index contributed by atoms with van der Waals surface area (Å²) in [6.45, 7) is 7.75. The zero-order valence-electron chi connectivity index (χ0n) is 23.0. The van der Waals surface area contributed by atoms with E-state index in [1.807, 2.05) is 31.7 Å². The SMILES string of the molecule is CCCCCC1=CC=CC(=O)/C1=C1\NC(C2SCC(C(O)C(C)(C)C3=NC(C)(C(=O)O)CS3)N2C)CS1.[Zn]. The molecule has 0 spiro atoms. The summed E-state index contributed by atoms with van der Waals surface area (Å²) in [6.07, 6.45) is 9.22. The number of aliphatic hydroxyl groups excluding tert-OH is 1. The number of hydrogen-bond donors (Lipinski definition) is 3. The summed E-state index contributed by atoms with van der Waals surface area (Å²) >= 11 is 4.99. The molecule has 5 atom stereocenters. The topological polar surface area (TPSA) is 102 Å². The third-order valence-corrected chi connectivity index (χ3v) is 12.0. The Morgan fingerprint density at radius 3 is 2.71 bits per heavy atom. The van der Waals surface area contributed by atoms with Crippen LogP contribution in [0, 0.1) is 5.41 Å². The van der Waals surface area contributed by atoms with E-state index in [1.165, 1.54) is 11.8 Å². The molecule has 0 radical (unpaired) electrons. The van der Waals surface area contributed by atoms with Crippen molar-refractivity contribution in [1.82, 2.24) is 10.2 Å². The van der Waals surface area contributed by atoms with E-state index >= 15 is 0 Å². The number of aliphatic carboxylic acids is 1. The number of thioether (sulfide) groups is 3. The first kappa shape index (κ1) is 31.9. The Balaban J connectivity index is 0.00000400. The van der Waals surface area contributed by atoms with E-state index < -0.39 is 23.0 Å². The number of aliphatic imine (C=N–C) groups is 1. The van der Waals surface area contributed by atoms with E-state index in [1.54, 1.807) is 24.8 Å². The summed E-state index contributed by atoms with van der Waals surface area (Å²) in [6, 6.07) is 0.0733. The molecule has 2 fully saturated rings. The summed E-state index contributed by atoms with van der Waals surface area (Å²) in [5.41, 5.74) is 0.158. The second kappa shape index (κ2) is 12.9. The summed E-state index contributed by atoms with van der Waals surface area (Å²) < 4.78 is 0. The fraction of sp³-hybridized carbons (Fsp3) is 0.667. The van der Waals surface area contributed by atoms with Crippen molar-refractivity contribution >= 4 is 52.1 Å². The fourth-order valence-electron chi connectivity index (χ4n) is 5.21. The maximum Gasteiger partial charge on any atom is 0.332 e. The van der Waals surface area contributed by atoms with Crippen molar-refractivity contribution in [3.05, 3.63) is 34.4 Å². The molecule has 1 aliphatic carbocycles. The number of carbonyl (C=O) groups excluding carboxylic acids is 1. The van der Waals surface area contributed by atoms with Crippen LogP contribution >= 0.6 is 35.3 Å². The predicted octanol–water partition coefficient (Wildman–Crippen LogP) is 4.30. The Labute approximate surface area is 252 Å². The van der Waals surface area contributed by atoms with Gasteiger partial charge in [0.15, 0.2) is 11.3 Å². The standard InChI is InChI=1S/C27H39N3O4S3.Zn/c1-6-7-8-10-16-11-9-12-19(31)20(16)22-28-17(13-35-22)23-30(5)18(14-36-23)21(32)26(2,3)24-29-27(4,15-37-24)25(33)34;/h9,11-12,17-18,21,23,28,32H,6-8,10,13-15H2,1-5H3,(H,33,34);/b22-20+;. The smallest absolute Gasteiger partial charge is 0.332 e. The molecule has 4 rings (SSSR count). The van der Waals surface area contributed by atoms with Gasteiger partial charge in [-0.05, 0) is 38.5 Å². The molecule has 0 aromatic heterocycles. The maximum atomic E-state index is 12.8. The Bertz CT molecular complexity index is 1060. The number of nitrogens with zero attached hydrogens (tertiary/aromatic N) is 2. The van der Waals surface area contributed by atoms with Crippen LogP contribution in [0.15, 0.2) is 39.4 Å². The summed E-state index contributed by atoms with van der Waals surface area (Å²) in [4.78, 5) is 31.3. The molecule has 7 nitrogen and oxygen atoms in total. The van der Waals surface area contributed by atoms with E-state index in [4.69, 9.17) is 0 Å². The molecule has 5 unspecified atom stereocenters. The van der Waals surface area contributed by atoms with Gasteiger partial charge in [-0.2, -0.15) is 0 Å². The van der Waals surface area contributed by atoms with Crippen LogP contribution in [0.5, 0.6) is 0 Å². The van der Waals surface area contributed by atoms with Crippen LogP contribution in [0.25, 0.3) is 0 Å². The second-order valence-electron chi connectivity index (χ2n) is 11.0. The van der Waals surface area contributed by atoms with Gasteiger partial charge in [-0.15, -0.1) is 35.3 Å². The first-order valence-corrected chi connectivity index (χ1v) is 16.0. The predicted molar refractivity (Wildman–Crippen MR) is 156 cm³/mol. The third kappa shape index (κ3) is 6.33. The molecule has 3 N–H and O–H groups in total. The zero-order chi connectivity index (χ0) is 27.0. The molecule has 4 aliphatic rings. The van der Waals surface area contributed by atoms with Gasteiger partial charge in [0, 0.05) is 48.2 Å². The minimum atomic E-state index is -1.14. The van der Waals surface area contributed by atoms with Gasteiger partial charge >= 0.3 is 5.97 Å². The first-order chi connectivity index (χ1) is 17.5. The van der Waals surface area contributed by atoms with Gasteiger partial charge in [-0.3, -0.25) is 14.7 Å². The molecule has 0 amide bonds. The Hall–Kier alpha value is -0.577. The van der Waals surface area contributed by atoms with Crippen LogP contribution in [0.2, 0.25) is 0 Å². The molecule has 38 heavy (non-hydrogen) atoms. The van der Waals surface area contributed by atoms with Gasteiger partial charge in [-0.25, -0.2) is 4.79 Å². The molecule has 2 saturated heterocycles. The molecule has 0 saturated carbocycles. The van der Waals surface area contributed by atoms with Crippen LogP contribution in [0.1, 0.15) is 53.4 Å². The number of hydrogen-bond acceptors (Lipinski definition) is 9. The zero-order valence-corrected chi connectivity index (χ0v) is 28.4. The molecular formula is C27H39N3O4S3Zn. The number of unbranched alkanes of at least 4 members (excludes halogenated alkanes) is 2. The van der Waals surface area contributed by atoms with Crippen molar-refractivity contribution in [2.24, 2.45) is 10.4 Å². The molecular weight excluding hydrogens is 592 g/mol. The molecule has 0 aromatic carbocycles. The van der Waals surface area contributed by atoms with Crippen LogP contribution in [-0.2, 0) is 29.1 Å². The number of carboxylic acids is 1. The number of likely N-dealkylation sites (N-methyl/N-ethyl adjacent to an activating group) is 1. The van der Waals surface area contributed by atoms with Crippen molar-refractivity contribution in [3.8, 4) is 0 Å². The molecule has 0 bridgehead atoms. The van der Waals surface area contributed by atoms with Gasteiger partial charge in [0.1, 0.15) is 0 Å². The quantitative estimate of drug-likeness (QED) is 0.196. The van der Waals surface area contributed by atoms with Crippen molar-refractivity contribution in [2.45, 2.75) is 82.5 Å². The molecule has 11 heteroatoms. The normalized spacial score (nSPS) is 32.6. The molecule has 206 valence electrons. The number of allylic oxidation sites excluding steroid dienone is 5. The minimum Gasteiger partial charge on any atom is -0.479 e. The monoisotopic (exact) mass is 629 g/mol. The van der Waals surface area contributed by atoms with E-state index in [9.17, 15) is 19.8 Å². The number of ketones is 1. The van der Waals surface area contributed by atoms with Gasteiger partial charge in [0.25, 0.3) is 0 Å². The Kier molecular flexibility index (Phi) is 10.9. The number of rotatable bonds is 9. The fourth-order valence-corrected chi connectivity index (χ4v) is 9.52. The molecule has 0 aromatic rings. The van der Waals surface area contributed by atoms with Crippen molar-refractivity contribution < 1.29 is 39.3 Å². The van der Waals surface area contributed by atoms with Gasteiger partial charge in [-0.1, -0.05) is 45.8 Å². The summed E-state index contributed by atoms with van der Waals surface area (Å²) in [7, 11) is 2.06. The van der Waals surface area contributed by atoms with E-state index in [0.29, 0.717) is 10.8 Å². The summed E-state index contributed by atoms with van der Waals surface area (Å²) in [5, 5.41) is 26.6. The number of carbonyl (C=O) groups is 2. The molecule has 3 heterocycles. The maximum absolute atomic E-state index is 12.8. The van der Waals surface area contributed by atoms with Crippen LogP contribution in [0.3, 0.4) is 0 Å². The first-order valence-electron chi connectivity index (χ1n) is 13.0. The summed E-state index contributed by atoms with van der Waals surface area (Å²) in [5.74, 6) is 1.17. The van der Waals surface area contributed by atoms with Crippen molar-refractivity contribution in [1.29, 1.82) is 0 Å². The van der Waals surface area contributed by atoms with E-state index in [2.05, 4.69) is 35.3 Å². The Morgan fingerprint density at radius 1 is 1.32 bits per heavy atom. The van der Waals surface area contributed by atoms with Crippen LogP contribution in [-0.4, -0.2) is 85.3 Å². The third-order valence-electron chi connectivity index (χ3n) is 7.77. The van der Waals surface area contributed by atoms with Crippen molar-refractivity contribution in [2.75, 3.05) is 24.3 Å². The van der Waals surface area contributed by atoms with Crippen molar-refractivity contribution in [3.63, 3.8) is 0 Å². The van der Waals surface area contributed by atoms with E-state index in [0.717, 1.165) is 53.4 Å². The average Bonchev–Trinajstić information content (AvgIpc) is 3.58. The van der Waals surface area contributed by atoms with Gasteiger partial charge in [0.2, 0.25) is 0 Å². The van der Waals surface area contributed by atoms with E-state index in [-0.39, 0.29) is 42.7 Å². The molecule has 3 aliphatic heterocycles.